The predicted molar refractivity (Wildman–Crippen MR) is 86.4 cm³/mol. The summed E-state index contributed by atoms with van der Waals surface area (Å²) in [5.74, 6) is 0.745. The lowest BCUT2D eigenvalue weighted by molar-refractivity contribution is 0.193. The number of amides is 2. The van der Waals surface area contributed by atoms with E-state index < -0.39 is 0 Å². The molecule has 0 saturated heterocycles. The van der Waals surface area contributed by atoms with Crippen molar-refractivity contribution in [2.75, 3.05) is 19.8 Å². The van der Waals surface area contributed by atoms with Gasteiger partial charge in [-0.15, -0.1) is 13.2 Å². The van der Waals surface area contributed by atoms with E-state index in [9.17, 15) is 4.79 Å². The third kappa shape index (κ3) is 6.17. The van der Waals surface area contributed by atoms with Crippen LogP contribution in [0.3, 0.4) is 0 Å². The summed E-state index contributed by atoms with van der Waals surface area (Å²) >= 11 is 0. The van der Waals surface area contributed by atoms with Crippen LogP contribution in [0.4, 0.5) is 4.79 Å². The van der Waals surface area contributed by atoms with Crippen molar-refractivity contribution in [3.63, 3.8) is 0 Å². The first kappa shape index (κ1) is 16.8. The largest absolute Gasteiger partial charge is 0.473 e. The number of aryl methyl sites for hydroxylation is 1. The van der Waals surface area contributed by atoms with Gasteiger partial charge in [-0.1, -0.05) is 37.6 Å². The van der Waals surface area contributed by atoms with Gasteiger partial charge >= 0.3 is 6.03 Å². The fourth-order valence-electron chi connectivity index (χ4n) is 1.89. The molecular weight excluding hydrogens is 264 g/mol. The number of nitrogens with zero attached hydrogens (tertiary/aromatic N) is 1. The van der Waals surface area contributed by atoms with E-state index >= 15 is 0 Å². The zero-order valence-electron chi connectivity index (χ0n) is 12.7. The summed E-state index contributed by atoms with van der Waals surface area (Å²) in [5.41, 5.74) is 1.29. The van der Waals surface area contributed by atoms with Crippen LogP contribution >= 0.6 is 0 Å². The minimum absolute atomic E-state index is 0.136. The Morgan fingerprint density at radius 1 is 1.24 bits per heavy atom. The third-order valence-electron chi connectivity index (χ3n) is 2.91. The maximum absolute atomic E-state index is 11.9. The Kier molecular flexibility index (Phi) is 7.72. The smallest absolute Gasteiger partial charge is 0.320 e. The topological polar surface area (TPSA) is 41.6 Å². The van der Waals surface area contributed by atoms with E-state index in [1.54, 1.807) is 17.1 Å². The number of hydrogen-bond donors (Lipinski definition) is 1. The first-order valence-electron chi connectivity index (χ1n) is 7.17. The van der Waals surface area contributed by atoms with E-state index in [0.29, 0.717) is 13.1 Å². The maximum atomic E-state index is 11.9. The van der Waals surface area contributed by atoms with Gasteiger partial charge in [-0.2, -0.15) is 0 Å². The van der Waals surface area contributed by atoms with Gasteiger partial charge in [0.2, 0.25) is 0 Å². The van der Waals surface area contributed by atoms with Gasteiger partial charge in [0, 0.05) is 13.1 Å². The zero-order chi connectivity index (χ0) is 15.5. The molecule has 0 aliphatic carbocycles. The van der Waals surface area contributed by atoms with Crippen molar-refractivity contribution in [2.24, 2.45) is 0 Å². The molecule has 4 nitrogen and oxygen atoms in total. The lowest BCUT2D eigenvalue weighted by atomic mass is 10.1. The number of carbonyl (C=O) groups is 1. The Morgan fingerprint density at radius 3 is 2.38 bits per heavy atom. The molecule has 0 spiro atoms. The number of urea groups is 1. The molecule has 2 amide bonds. The Bertz CT molecular complexity index is 444. The summed E-state index contributed by atoms with van der Waals surface area (Å²) in [6.45, 7) is 10.5. The van der Waals surface area contributed by atoms with Crippen LogP contribution in [0.25, 0.3) is 0 Å². The van der Waals surface area contributed by atoms with Crippen molar-refractivity contribution < 1.29 is 9.53 Å². The zero-order valence-corrected chi connectivity index (χ0v) is 12.7. The van der Waals surface area contributed by atoms with Gasteiger partial charge in [0.05, 0.1) is 0 Å². The molecule has 0 saturated carbocycles. The molecule has 0 bridgehead atoms. The molecular formula is C17H24N2O2. The molecule has 0 heterocycles. The fraction of sp³-hybridized carbons (Fsp3) is 0.353. The second kappa shape index (κ2) is 9.64. The Morgan fingerprint density at radius 2 is 1.86 bits per heavy atom. The van der Waals surface area contributed by atoms with E-state index in [1.807, 2.05) is 24.3 Å². The standard InChI is InChI=1S/C17H24N2O2/c1-4-7-15-8-10-16(11-9-15)21-14-18-17(20)19(12-5-2)13-6-3/h5-6,8-11H,2-4,7,12-14H2,1H3,(H,18,20). The van der Waals surface area contributed by atoms with E-state index in [-0.39, 0.29) is 12.8 Å². The summed E-state index contributed by atoms with van der Waals surface area (Å²) in [6.07, 6.45) is 5.54. The van der Waals surface area contributed by atoms with E-state index in [1.165, 1.54) is 5.56 Å². The van der Waals surface area contributed by atoms with Gasteiger partial charge in [0.25, 0.3) is 0 Å². The summed E-state index contributed by atoms with van der Waals surface area (Å²) in [5, 5.41) is 2.71. The minimum Gasteiger partial charge on any atom is -0.473 e. The van der Waals surface area contributed by atoms with Crippen LogP contribution in [0.1, 0.15) is 18.9 Å². The summed E-state index contributed by atoms with van der Waals surface area (Å²) in [4.78, 5) is 13.5. The van der Waals surface area contributed by atoms with Crippen molar-refractivity contribution in [1.82, 2.24) is 10.2 Å². The average Bonchev–Trinajstić information content (AvgIpc) is 2.49. The molecule has 1 N–H and O–H groups in total. The van der Waals surface area contributed by atoms with Crippen molar-refractivity contribution in [2.45, 2.75) is 19.8 Å². The molecule has 0 aliphatic heterocycles. The minimum atomic E-state index is -0.197. The van der Waals surface area contributed by atoms with Gasteiger partial charge in [0.15, 0.2) is 6.73 Å². The molecule has 0 atom stereocenters. The maximum Gasteiger partial charge on any atom is 0.320 e. The fourth-order valence-corrected chi connectivity index (χ4v) is 1.89. The highest BCUT2D eigenvalue weighted by Gasteiger charge is 2.09. The van der Waals surface area contributed by atoms with Crippen molar-refractivity contribution in [3.8, 4) is 5.75 Å². The second-order valence-electron chi connectivity index (χ2n) is 4.65. The summed E-state index contributed by atoms with van der Waals surface area (Å²) in [7, 11) is 0. The Balaban J connectivity index is 2.39. The Labute approximate surface area is 127 Å². The van der Waals surface area contributed by atoms with Crippen molar-refractivity contribution in [1.29, 1.82) is 0 Å². The highest BCUT2D eigenvalue weighted by Crippen LogP contribution is 2.12. The average molecular weight is 288 g/mol. The van der Waals surface area contributed by atoms with E-state index in [2.05, 4.69) is 25.4 Å². The molecule has 21 heavy (non-hydrogen) atoms. The second-order valence-corrected chi connectivity index (χ2v) is 4.65. The SMILES string of the molecule is C=CCN(CC=C)C(=O)NCOc1ccc(CCC)cc1. The number of carbonyl (C=O) groups excluding carboxylic acids is 1. The summed E-state index contributed by atoms with van der Waals surface area (Å²) in [6, 6.07) is 7.73. The van der Waals surface area contributed by atoms with Crippen LogP contribution in [-0.2, 0) is 6.42 Å². The van der Waals surface area contributed by atoms with Crippen molar-refractivity contribution >= 4 is 6.03 Å². The predicted octanol–water partition coefficient (Wildman–Crippen LogP) is 3.36. The van der Waals surface area contributed by atoms with Crippen molar-refractivity contribution in [3.05, 3.63) is 55.1 Å². The first-order valence-corrected chi connectivity index (χ1v) is 7.17. The van der Waals surface area contributed by atoms with Crippen LogP contribution < -0.4 is 10.1 Å². The molecule has 0 unspecified atom stereocenters. The number of rotatable bonds is 9. The monoisotopic (exact) mass is 288 g/mol. The van der Waals surface area contributed by atoms with Crippen LogP contribution in [0.15, 0.2) is 49.6 Å². The van der Waals surface area contributed by atoms with Crippen LogP contribution in [0.2, 0.25) is 0 Å². The molecule has 1 rings (SSSR count). The van der Waals surface area contributed by atoms with Gasteiger partial charge < -0.3 is 15.0 Å². The van der Waals surface area contributed by atoms with E-state index in [4.69, 9.17) is 4.74 Å². The Hall–Kier alpha value is -2.23. The molecule has 1 aromatic rings. The molecule has 1 aromatic carbocycles. The molecule has 0 aliphatic rings. The van der Waals surface area contributed by atoms with Gasteiger partial charge in [-0.25, -0.2) is 4.79 Å². The third-order valence-corrected chi connectivity index (χ3v) is 2.91. The molecule has 114 valence electrons. The number of hydrogen-bond acceptors (Lipinski definition) is 2. The number of benzene rings is 1. The van der Waals surface area contributed by atoms with Gasteiger partial charge in [-0.3, -0.25) is 0 Å². The number of ether oxygens (including phenoxy) is 1. The lowest BCUT2D eigenvalue weighted by Crippen LogP contribution is -2.41. The van der Waals surface area contributed by atoms with Gasteiger partial charge in [0.1, 0.15) is 5.75 Å². The van der Waals surface area contributed by atoms with Crippen LogP contribution in [0.5, 0.6) is 5.75 Å². The quantitative estimate of drug-likeness (QED) is 0.559. The van der Waals surface area contributed by atoms with Crippen LogP contribution in [0, 0.1) is 0 Å². The molecule has 0 fully saturated rings. The van der Waals surface area contributed by atoms with E-state index in [0.717, 1.165) is 18.6 Å². The molecule has 0 aromatic heterocycles. The lowest BCUT2D eigenvalue weighted by Gasteiger charge is -2.20. The number of nitrogens with one attached hydrogen (secondary N) is 1. The van der Waals surface area contributed by atoms with Crippen LogP contribution in [-0.4, -0.2) is 30.8 Å². The highest BCUT2D eigenvalue weighted by molar-refractivity contribution is 5.74. The molecule has 0 radical (unpaired) electrons. The summed E-state index contributed by atoms with van der Waals surface area (Å²) < 4.78 is 5.51. The molecule has 4 heteroatoms. The highest BCUT2D eigenvalue weighted by atomic mass is 16.5. The first-order chi connectivity index (χ1) is 10.2. The van der Waals surface area contributed by atoms with Gasteiger partial charge in [-0.05, 0) is 24.1 Å². The normalized spacial score (nSPS) is 9.76.